The summed E-state index contributed by atoms with van der Waals surface area (Å²) in [5, 5.41) is 1.60. The maximum Gasteiger partial charge on any atom is 0.270 e. The number of hydrogen-bond donors (Lipinski definition) is 1. The first-order chi connectivity index (χ1) is 15.2. The molecule has 0 bridgehead atoms. The molecule has 0 heterocycles. The Morgan fingerprint density at radius 1 is 0.688 bits per heavy atom. The normalized spacial score (nSPS) is 12.2. The Morgan fingerprint density at radius 2 is 1.16 bits per heavy atom. The van der Waals surface area contributed by atoms with Gasteiger partial charge in [0.05, 0.1) is 16.5 Å². The van der Waals surface area contributed by atoms with Gasteiger partial charge in [-0.15, -0.1) is 0 Å². The van der Waals surface area contributed by atoms with Crippen molar-refractivity contribution in [1.29, 1.82) is 0 Å². The van der Waals surface area contributed by atoms with Crippen LogP contribution in [-0.2, 0) is 20.0 Å². The molecule has 3 aromatic rings. The van der Waals surface area contributed by atoms with Crippen LogP contribution in [0, 0.1) is 0 Å². The maximum atomic E-state index is 13.2. The lowest BCUT2D eigenvalue weighted by atomic mass is 10.2. The number of nitrogens with zero attached hydrogens (tertiary/aromatic N) is 1. The fourth-order valence-corrected chi connectivity index (χ4v) is 5.93. The molecule has 0 spiro atoms. The summed E-state index contributed by atoms with van der Waals surface area (Å²) in [4.78, 5) is 11.6. The van der Waals surface area contributed by atoms with Crippen LogP contribution in [0.5, 0.6) is 0 Å². The average molecular weight is 469 g/mol. The van der Waals surface area contributed by atoms with E-state index in [9.17, 15) is 21.6 Å². The molecule has 0 aliphatic carbocycles. The summed E-state index contributed by atoms with van der Waals surface area (Å²) in [5.41, 5.74) is 6.15. The van der Waals surface area contributed by atoms with Crippen LogP contribution in [0.15, 0.2) is 95.7 Å². The fourth-order valence-electron chi connectivity index (χ4n) is 2.78. The van der Waals surface area contributed by atoms with Gasteiger partial charge in [0.15, 0.2) is 0 Å². The maximum absolute atomic E-state index is 13.2. The molecule has 0 saturated carbocycles. The van der Waals surface area contributed by atoms with Gasteiger partial charge in [-0.3, -0.25) is 4.79 Å². The number of nitrogens with two attached hydrogens (primary N) is 1. The Bertz CT molecular complexity index is 1290. The molecule has 2 N–H and O–H groups in total. The van der Waals surface area contributed by atoms with Gasteiger partial charge in [-0.05, 0) is 41.5 Å². The van der Waals surface area contributed by atoms with Crippen LogP contribution >= 0.6 is 0 Å². The van der Waals surface area contributed by atoms with Crippen molar-refractivity contribution in [1.82, 2.24) is 0 Å². The van der Waals surface area contributed by atoms with Gasteiger partial charge >= 0.3 is 0 Å². The molecule has 0 aliphatic heterocycles. The van der Waals surface area contributed by atoms with E-state index in [1.807, 2.05) is 0 Å². The van der Waals surface area contributed by atoms with Crippen molar-refractivity contribution < 1.29 is 21.6 Å². The Kier molecular flexibility index (Phi) is 6.92. The van der Waals surface area contributed by atoms with Crippen LogP contribution in [0.25, 0.3) is 12.2 Å². The molecule has 3 aromatic carbocycles. The molecule has 9 heteroatoms. The lowest BCUT2D eigenvalue weighted by Crippen LogP contribution is -2.34. The van der Waals surface area contributed by atoms with Crippen LogP contribution in [0.1, 0.15) is 21.5 Å². The number of amides is 1. The first kappa shape index (κ1) is 23.0. The number of sulfonamides is 2. The number of carbonyl (C=O) groups is 1. The smallest absolute Gasteiger partial charge is 0.270 e. The van der Waals surface area contributed by atoms with E-state index in [-0.39, 0.29) is 15.0 Å². The van der Waals surface area contributed by atoms with E-state index in [1.165, 1.54) is 30.4 Å². The first-order valence-electron chi connectivity index (χ1n) is 9.36. The lowest BCUT2D eigenvalue weighted by Gasteiger charge is -2.21. The number of primary amides is 1. The zero-order valence-electron chi connectivity index (χ0n) is 16.8. The summed E-state index contributed by atoms with van der Waals surface area (Å²) >= 11 is 0. The molecule has 1 amide bonds. The number of carbonyl (C=O) groups excluding carboxylic acids is 1. The summed E-state index contributed by atoms with van der Waals surface area (Å²) in [5.74, 6) is -0.818. The van der Waals surface area contributed by atoms with Crippen LogP contribution in [-0.4, -0.2) is 22.7 Å². The van der Waals surface area contributed by atoms with Crippen LogP contribution in [0.4, 0.5) is 5.69 Å². The Balaban J connectivity index is 2.11. The highest BCUT2D eigenvalue weighted by molar-refractivity contribution is 8.12. The number of benzene rings is 3. The van der Waals surface area contributed by atoms with E-state index in [0.29, 0.717) is 11.1 Å². The standard InChI is InChI=1S/C23H20N2O5S2/c24-23(26)21-12-7-13-22(18-21)25(31(27,28)16-14-19-8-3-1-4-9-19)32(29,30)17-15-20-10-5-2-6-11-20/h1-18H,(H2,24,26)/b16-14+,17-15+. The molecular formula is C23H20N2O5S2. The van der Waals surface area contributed by atoms with Crippen LogP contribution < -0.4 is 9.44 Å². The van der Waals surface area contributed by atoms with E-state index in [0.717, 1.165) is 16.9 Å². The predicted octanol–water partition coefficient (Wildman–Crippen LogP) is 3.59. The molecule has 0 unspecified atom stereocenters. The third-order valence-electron chi connectivity index (χ3n) is 4.27. The number of hydrogen-bond acceptors (Lipinski definition) is 5. The van der Waals surface area contributed by atoms with Crippen LogP contribution in [0.3, 0.4) is 0 Å². The van der Waals surface area contributed by atoms with Gasteiger partial charge < -0.3 is 5.73 Å². The molecule has 0 aromatic heterocycles. The summed E-state index contributed by atoms with van der Waals surface area (Å²) in [7, 11) is -9.03. The van der Waals surface area contributed by atoms with Gasteiger partial charge in [0.2, 0.25) is 5.91 Å². The minimum Gasteiger partial charge on any atom is -0.366 e. The Hall–Kier alpha value is -3.69. The topological polar surface area (TPSA) is 115 Å². The molecule has 3 rings (SSSR count). The molecule has 0 atom stereocenters. The van der Waals surface area contributed by atoms with Crippen molar-refractivity contribution in [2.75, 3.05) is 3.71 Å². The van der Waals surface area contributed by atoms with E-state index in [1.54, 1.807) is 60.7 Å². The highest BCUT2D eigenvalue weighted by Gasteiger charge is 2.31. The van der Waals surface area contributed by atoms with Gasteiger partial charge in [0, 0.05) is 5.56 Å². The summed E-state index contributed by atoms with van der Waals surface area (Å²) < 4.78 is 52.9. The van der Waals surface area contributed by atoms with E-state index in [2.05, 4.69) is 0 Å². The van der Waals surface area contributed by atoms with Gasteiger partial charge in [-0.2, -0.15) is 3.71 Å². The third kappa shape index (κ3) is 5.71. The molecular weight excluding hydrogens is 448 g/mol. The van der Waals surface area contributed by atoms with E-state index < -0.39 is 26.0 Å². The summed E-state index contributed by atoms with van der Waals surface area (Å²) in [6.45, 7) is 0. The molecule has 0 radical (unpaired) electrons. The second kappa shape index (κ2) is 9.63. The molecule has 0 aliphatic rings. The quantitative estimate of drug-likeness (QED) is 0.543. The second-order valence-electron chi connectivity index (χ2n) is 6.63. The van der Waals surface area contributed by atoms with E-state index in [4.69, 9.17) is 5.73 Å². The highest BCUT2D eigenvalue weighted by atomic mass is 32.3. The highest BCUT2D eigenvalue weighted by Crippen LogP contribution is 2.26. The van der Waals surface area contributed by atoms with Gasteiger partial charge in [0.1, 0.15) is 0 Å². The van der Waals surface area contributed by atoms with Crippen molar-refractivity contribution in [3.63, 3.8) is 0 Å². The van der Waals surface area contributed by atoms with Gasteiger partial charge in [0.25, 0.3) is 20.0 Å². The molecule has 32 heavy (non-hydrogen) atoms. The number of rotatable bonds is 8. The minimum absolute atomic E-state index is 0.0306. The Morgan fingerprint density at radius 3 is 1.59 bits per heavy atom. The monoisotopic (exact) mass is 468 g/mol. The second-order valence-corrected chi connectivity index (χ2v) is 10.2. The third-order valence-corrected chi connectivity index (χ3v) is 7.82. The molecule has 164 valence electrons. The predicted molar refractivity (Wildman–Crippen MR) is 126 cm³/mol. The lowest BCUT2D eigenvalue weighted by molar-refractivity contribution is 0.1000. The average Bonchev–Trinajstić information content (AvgIpc) is 2.78. The van der Waals surface area contributed by atoms with Gasteiger partial charge in [-0.25, -0.2) is 16.8 Å². The molecule has 0 fully saturated rings. The molecule has 0 saturated heterocycles. The van der Waals surface area contributed by atoms with E-state index >= 15 is 0 Å². The van der Waals surface area contributed by atoms with Crippen LogP contribution in [0.2, 0.25) is 0 Å². The summed E-state index contributed by atoms with van der Waals surface area (Å²) in [6, 6.07) is 22.2. The van der Waals surface area contributed by atoms with Crippen molar-refractivity contribution >= 4 is 43.8 Å². The largest absolute Gasteiger partial charge is 0.366 e. The zero-order chi connectivity index (χ0) is 23.2. The van der Waals surface area contributed by atoms with Crippen molar-refractivity contribution in [2.24, 2.45) is 5.73 Å². The van der Waals surface area contributed by atoms with Crippen molar-refractivity contribution in [3.05, 3.63) is 112 Å². The minimum atomic E-state index is -4.52. The first-order valence-corrected chi connectivity index (χ1v) is 12.4. The van der Waals surface area contributed by atoms with Gasteiger partial charge in [-0.1, -0.05) is 66.7 Å². The van der Waals surface area contributed by atoms with Crippen molar-refractivity contribution in [3.8, 4) is 0 Å². The fraction of sp³-hybridized carbons (Fsp3) is 0. The Labute approximate surface area is 187 Å². The number of anilines is 1. The molecule has 7 nitrogen and oxygen atoms in total. The van der Waals surface area contributed by atoms with Crippen molar-refractivity contribution in [2.45, 2.75) is 0 Å². The zero-order valence-corrected chi connectivity index (χ0v) is 18.4. The SMILES string of the molecule is NC(=O)c1cccc(N(S(=O)(=O)/C=C/c2ccccc2)S(=O)(=O)/C=C/c2ccccc2)c1. The summed E-state index contributed by atoms with van der Waals surface area (Å²) in [6.07, 6.45) is 2.58.